The molecule has 3 heteroatoms. The smallest absolute Gasteiger partial charge is 0.123 e. The minimum atomic E-state index is -1.20. The lowest BCUT2D eigenvalue weighted by atomic mass is 10.2. The Morgan fingerprint density at radius 2 is 1.47 bits per heavy atom. The van der Waals surface area contributed by atoms with Gasteiger partial charge in [0.15, 0.2) is 0 Å². The van der Waals surface area contributed by atoms with Crippen molar-refractivity contribution >= 4 is 25.0 Å². The van der Waals surface area contributed by atoms with E-state index in [4.69, 9.17) is 0 Å². The molecule has 0 aliphatic heterocycles. The SMILES string of the molecule is C[Si](C)(C)c1ccc(CSc2ccc(F)cc2)cc1. The van der Waals surface area contributed by atoms with Crippen molar-refractivity contribution in [1.29, 1.82) is 0 Å². The molecular formula is C16H19FSSi. The first-order valence-corrected chi connectivity index (χ1v) is 10.9. The summed E-state index contributed by atoms with van der Waals surface area (Å²) in [7, 11) is -1.20. The molecular weight excluding hydrogens is 271 g/mol. The normalized spacial score (nSPS) is 11.6. The fraction of sp³-hybridized carbons (Fsp3) is 0.250. The third-order valence-electron chi connectivity index (χ3n) is 3.04. The Labute approximate surface area is 120 Å². The summed E-state index contributed by atoms with van der Waals surface area (Å²) in [6, 6.07) is 15.6. The quantitative estimate of drug-likeness (QED) is 0.583. The zero-order valence-corrected chi connectivity index (χ0v) is 13.4. The standard InChI is InChI=1S/C16H19FSSi/c1-19(2,3)16-10-4-13(5-11-16)12-18-15-8-6-14(17)7-9-15/h4-11H,12H2,1-3H3. The largest absolute Gasteiger partial charge is 0.207 e. The van der Waals surface area contributed by atoms with Crippen LogP contribution in [0.5, 0.6) is 0 Å². The Hall–Kier alpha value is -1.06. The molecule has 2 aromatic rings. The Morgan fingerprint density at radius 3 is 2.00 bits per heavy atom. The van der Waals surface area contributed by atoms with Crippen LogP contribution in [0.15, 0.2) is 53.4 Å². The molecule has 2 aromatic carbocycles. The third kappa shape index (κ3) is 4.22. The Kier molecular flexibility index (Phi) is 4.48. The zero-order valence-electron chi connectivity index (χ0n) is 11.6. The van der Waals surface area contributed by atoms with Gasteiger partial charge in [0.1, 0.15) is 5.82 Å². The van der Waals surface area contributed by atoms with E-state index >= 15 is 0 Å². The molecule has 0 aliphatic carbocycles. The maximum atomic E-state index is 12.8. The van der Waals surface area contributed by atoms with Crippen LogP contribution >= 0.6 is 11.8 Å². The monoisotopic (exact) mass is 290 g/mol. The fourth-order valence-corrected chi connectivity index (χ4v) is 3.82. The van der Waals surface area contributed by atoms with Crippen molar-refractivity contribution in [2.75, 3.05) is 0 Å². The van der Waals surface area contributed by atoms with E-state index < -0.39 is 8.07 Å². The number of thioether (sulfide) groups is 1. The van der Waals surface area contributed by atoms with Gasteiger partial charge in [-0.1, -0.05) is 49.1 Å². The zero-order chi connectivity index (χ0) is 13.9. The molecule has 0 aromatic heterocycles. The molecule has 0 nitrogen and oxygen atoms in total. The van der Waals surface area contributed by atoms with E-state index in [1.165, 1.54) is 22.9 Å². The van der Waals surface area contributed by atoms with Crippen molar-refractivity contribution in [2.24, 2.45) is 0 Å². The number of benzene rings is 2. The average Bonchev–Trinajstić information content (AvgIpc) is 2.37. The van der Waals surface area contributed by atoms with Crippen molar-refractivity contribution in [3.8, 4) is 0 Å². The van der Waals surface area contributed by atoms with E-state index in [-0.39, 0.29) is 5.82 Å². The maximum absolute atomic E-state index is 12.8. The van der Waals surface area contributed by atoms with Crippen LogP contribution in [0.4, 0.5) is 4.39 Å². The van der Waals surface area contributed by atoms with E-state index in [2.05, 4.69) is 43.9 Å². The molecule has 2 rings (SSSR count). The highest BCUT2D eigenvalue weighted by Crippen LogP contribution is 2.22. The van der Waals surface area contributed by atoms with Crippen LogP contribution in [-0.2, 0) is 5.75 Å². The number of rotatable bonds is 4. The highest BCUT2D eigenvalue weighted by molar-refractivity contribution is 7.98. The summed E-state index contributed by atoms with van der Waals surface area (Å²) in [5, 5.41) is 1.49. The van der Waals surface area contributed by atoms with Gasteiger partial charge in [0.25, 0.3) is 0 Å². The fourth-order valence-electron chi connectivity index (χ4n) is 1.80. The lowest BCUT2D eigenvalue weighted by molar-refractivity contribution is 0.626. The minimum Gasteiger partial charge on any atom is -0.207 e. The van der Waals surface area contributed by atoms with Crippen LogP contribution in [0.2, 0.25) is 19.6 Å². The van der Waals surface area contributed by atoms with Gasteiger partial charge in [-0.25, -0.2) is 4.39 Å². The highest BCUT2D eigenvalue weighted by atomic mass is 32.2. The first-order valence-electron chi connectivity index (χ1n) is 6.43. The van der Waals surface area contributed by atoms with Gasteiger partial charge in [-0.15, -0.1) is 11.8 Å². The maximum Gasteiger partial charge on any atom is 0.123 e. The number of halogens is 1. The van der Waals surface area contributed by atoms with Gasteiger partial charge in [-0.2, -0.15) is 0 Å². The van der Waals surface area contributed by atoms with Gasteiger partial charge in [-0.3, -0.25) is 0 Å². The summed E-state index contributed by atoms with van der Waals surface area (Å²) in [5.41, 5.74) is 1.32. The lowest BCUT2D eigenvalue weighted by Crippen LogP contribution is -2.37. The van der Waals surface area contributed by atoms with Crippen molar-refractivity contribution in [2.45, 2.75) is 30.3 Å². The molecule has 0 aliphatic rings. The van der Waals surface area contributed by atoms with Crippen molar-refractivity contribution in [3.05, 3.63) is 59.9 Å². The molecule has 0 N–H and O–H groups in total. The summed E-state index contributed by atoms with van der Waals surface area (Å²) in [6.07, 6.45) is 0. The molecule has 0 spiro atoms. The summed E-state index contributed by atoms with van der Waals surface area (Å²) in [6.45, 7) is 7.07. The molecule has 0 fully saturated rings. The Morgan fingerprint density at radius 1 is 0.895 bits per heavy atom. The first-order chi connectivity index (χ1) is 8.95. The molecule has 0 amide bonds. The van der Waals surface area contributed by atoms with E-state index in [9.17, 15) is 4.39 Å². The van der Waals surface area contributed by atoms with E-state index in [1.807, 2.05) is 12.1 Å². The summed E-state index contributed by atoms with van der Waals surface area (Å²) < 4.78 is 12.8. The van der Waals surface area contributed by atoms with Gasteiger partial charge in [0.05, 0.1) is 8.07 Å². The molecule has 0 heterocycles. The van der Waals surface area contributed by atoms with Crippen molar-refractivity contribution in [1.82, 2.24) is 0 Å². The molecule has 0 atom stereocenters. The predicted octanol–water partition coefficient (Wildman–Crippen LogP) is 4.66. The number of hydrogen-bond donors (Lipinski definition) is 0. The van der Waals surface area contributed by atoms with Crippen LogP contribution in [0, 0.1) is 5.82 Å². The van der Waals surface area contributed by atoms with Gasteiger partial charge < -0.3 is 0 Å². The van der Waals surface area contributed by atoms with E-state index in [0.29, 0.717) is 0 Å². The van der Waals surface area contributed by atoms with Crippen LogP contribution < -0.4 is 5.19 Å². The van der Waals surface area contributed by atoms with Crippen molar-refractivity contribution < 1.29 is 4.39 Å². The van der Waals surface area contributed by atoms with Crippen LogP contribution in [0.25, 0.3) is 0 Å². The first kappa shape index (κ1) is 14.3. The summed E-state index contributed by atoms with van der Waals surface area (Å²) in [4.78, 5) is 1.11. The topological polar surface area (TPSA) is 0 Å². The van der Waals surface area contributed by atoms with Crippen LogP contribution in [0.3, 0.4) is 0 Å². The minimum absolute atomic E-state index is 0.177. The highest BCUT2D eigenvalue weighted by Gasteiger charge is 2.15. The van der Waals surface area contributed by atoms with Gasteiger partial charge in [-0.05, 0) is 29.8 Å². The van der Waals surface area contributed by atoms with Gasteiger partial charge >= 0.3 is 0 Å². The third-order valence-corrected chi connectivity index (χ3v) is 6.19. The molecule has 0 unspecified atom stereocenters. The number of hydrogen-bond acceptors (Lipinski definition) is 1. The average molecular weight is 290 g/mol. The molecule has 0 radical (unpaired) electrons. The van der Waals surface area contributed by atoms with Gasteiger partial charge in [0, 0.05) is 10.6 Å². The summed E-state index contributed by atoms with van der Waals surface area (Å²) >= 11 is 1.74. The predicted molar refractivity (Wildman–Crippen MR) is 85.4 cm³/mol. The summed E-state index contributed by atoms with van der Waals surface area (Å²) in [5.74, 6) is 0.751. The molecule has 0 saturated heterocycles. The van der Waals surface area contributed by atoms with Crippen molar-refractivity contribution in [3.63, 3.8) is 0 Å². The van der Waals surface area contributed by atoms with E-state index in [1.54, 1.807) is 11.8 Å². The molecule has 100 valence electrons. The second-order valence-corrected chi connectivity index (χ2v) is 11.8. The molecule has 0 saturated carbocycles. The van der Waals surface area contributed by atoms with Gasteiger partial charge in [0.2, 0.25) is 0 Å². The Bertz CT molecular complexity index is 526. The second kappa shape index (κ2) is 5.93. The molecule has 19 heavy (non-hydrogen) atoms. The Balaban J connectivity index is 1.98. The second-order valence-electron chi connectivity index (χ2n) is 5.69. The molecule has 0 bridgehead atoms. The van der Waals surface area contributed by atoms with Crippen LogP contribution in [-0.4, -0.2) is 8.07 Å². The van der Waals surface area contributed by atoms with E-state index in [0.717, 1.165) is 10.6 Å². The van der Waals surface area contributed by atoms with Crippen LogP contribution in [0.1, 0.15) is 5.56 Å². The lowest BCUT2D eigenvalue weighted by Gasteiger charge is -2.16.